The van der Waals surface area contributed by atoms with Crippen LogP contribution in [-0.4, -0.2) is 22.2 Å². The molecule has 1 aliphatic carbocycles. The van der Waals surface area contributed by atoms with Crippen molar-refractivity contribution in [1.29, 1.82) is 0 Å². The molecule has 1 nitrogen and oxygen atoms in total. The van der Waals surface area contributed by atoms with E-state index in [1.165, 1.54) is 24.3 Å². The van der Waals surface area contributed by atoms with Crippen molar-refractivity contribution in [3.05, 3.63) is 0 Å². The van der Waals surface area contributed by atoms with Gasteiger partial charge in [0, 0.05) is 0 Å². The van der Waals surface area contributed by atoms with E-state index in [1.807, 2.05) is 20.8 Å². The number of thioether (sulfide) groups is 1. The van der Waals surface area contributed by atoms with Crippen LogP contribution in [0.1, 0.15) is 46.5 Å². The van der Waals surface area contributed by atoms with E-state index < -0.39 is 0 Å². The summed E-state index contributed by atoms with van der Waals surface area (Å²) in [5, 5.41) is 9.72. The third-order valence-electron chi connectivity index (χ3n) is 3.20. The van der Waals surface area contributed by atoms with Gasteiger partial charge in [-0.2, -0.15) is 11.8 Å². The van der Waals surface area contributed by atoms with Crippen molar-refractivity contribution >= 4 is 11.8 Å². The average Bonchev–Trinajstić information content (AvgIpc) is 2.06. The first-order chi connectivity index (χ1) is 6.12. The van der Waals surface area contributed by atoms with Gasteiger partial charge in [0.25, 0.3) is 0 Å². The lowest BCUT2D eigenvalue weighted by atomic mass is 9.71. The lowest BCUT2D eigenvalue weighted by Crippen LogP contribution is -2.44. The Morgan fingerprint density at radius 2 is 1.46 bits per heavy atom. The molecule has 1 aliphatic heterocycles. The maximum absolute atomic E-state index is 9.72. The summed E-state index contributed by atoms with van der Waals surface area (Å²) in [6.07, 6.45) is 4.56. The molecule has 0 unspecified atom stereocenters. The highest BCUT2D eigenvalue weighted by Crippen LogP contribution is 2.50. The highest BCUT2D eigenvalue weighted by Gasteiger charge is 2.43. The fourth-order valence-corrected chi connectivity index (χ4v) is 3.36. The van der Waals surface area contributed by atoms with E-state index in [0.29, 0.717) is 5.41 Å². The number of aliphatic hydroxyl groups is 1. The molecule has 1 N–H and O–H groups in total. The van der Waals surface area contributed by atoms with Crippen LogP contribution in [0.5, 0.6) is 0 Å². The Bertz CT molecular complexity index is 149. The maximum Gasteiger partial charge on any atom is 0.0620 e. The monoisotopic (exact) mass is 202 g/mol. The highest BCUT2D eigenvalue weighted by molar-refractivity contribution is 8.00. The zero-order valence-electron chi connectivity index (χ0n) is 9.10. The Hall–Kier alpha value is 0.310. The van der Waals surface area contributed by atoms with Crippen molar-refractivity contribution in [1.82, 2.24) is 0 Å². The van der Waals surface area contributed by atoms with Gasteiger partial charge in [0.2, 0.25) is 0 Å². The van der Waals surface area contributed by atoms with Crippen molar-refractivity contribution in [3.63, 3.8) is 0 Å². The zero-order chi connectivity index (χ0) is 9.95. The van der Waals surface area contributed by atoms with Gasteiger partial charge in [0.1, 0.15) is 0 Å². The van der Waals surface area contributed by atoms with E-state index in [0.717, 1.165) is 12.8 Å². The van der Waals surface area contributed by atoms with Crippen LogP contribution in [-0.2, 0) is 0 Å². The van der Waals surface area contributed by atoms with Crippen LogP contribution < -0.4 is 0 Å². The molecule has 2 rings (SSSR count). The molecular formula is C11H22OS. The SMILES string of the molecule is CC.CC1(O)CCC2(CC1)CSC2. The van der Waals surface area contributed by atoms with E-state index >= 15 is 0 Å². The Balaban J connectivity index is 0.000000396. The molecular weight excluding hydrogens is 180 g/mol. The third-order valence-corrected chi connectivity index (χ3v) is 4.84. The zero-order valence-corrected chi connectivity index (χ0v) is 9.91. The molecule has 0 aromatic heterocycles. The molecule has 0 aromatic carbocycles. The highest BCUT2D eigenvalue weighted by atomic mass is 32.2. The van der Waals surface area contributed by atoms with Gasteiger partial charge in [-0.05, 0) is 49.5 Å². The predicted octanol–water partition coefficient (Wildman–Crippen LogP) is 3.07. The first-order valence-electron chi connectivity index (χ1n) is 5.42. The van der Waals surface area contributed by atoms with Crippen LogP contribution in [0, 0.1) is 5.41 Å². The molecule has 1 spiro atoms. The summed E-state index contributed by atoms with van der Waals surface area (Å²) < 4.78 is 0. The van der Waals surface area contributed by atoms with Gasteiger partial charge in [0.05, 0.1) is 5.60 Å². The summed E-state index contributed by atoms with van der Waals surface area (Å²) in [4.78, 5) is 0. The van der Waals surface area contributed by atoms with Crippen LogP contribution in [0.3, 0.4) is 0 Å². The number of hydrogen-bond acceptors (Lipinski definition) is 2. The average molecular weight is 202 g/mol. The molecule has 1 saturated carbocycles. The van der Waals surface area contributed by atoms with Crippen molar-refractivity contribution in [3.8, 4) is 0 Å². The largest absolute Gasteiger partial charge is 0.390 e. The normalized spacial score (nSPS) is 28.6. The molecule has 2 heteroatoms. The van der Waals surface area contributed by atoms with E-state index in [2.05, 4.69) is 11.8 Å². The minimum absolute atomic E-state index is 0.342. The summed E-state index contributed by atoms with van der Waals surface area (Å²) >= 11 is 2.06. The lowest BCUT2D eigenvalue weighted by Gasteiger charge is -2.48. The number of rotatable bonds is 0. The quantitative estimate of drug-likeness (QED) is 0.651. The van der Waals surface area contributed by atoms with Gasteiger partial charge in [0.15, 0.2) is 0 Å². The Morgan fingerprint density at radius 1 is 1.00 bits per heavy atom. The standard InChI is InChI=1S/C9H16OS.C2H6/c1-8(10)2-4-9(5-3-8)6-11-7-9;1-2/h10H,2-7H2,1H3;1-2H3. The minimum Gasteiger partial charge on any atom is -0.390 e. The topological polar surface area (TPSA) is 20.2 Å². The molecule has 0 bridgehead atoms. The van der Waals surface area contributed by atoms with E-state index in [9.17, 15) is 5.11 Å². The van der Waals surface area contributed by atoms with Gasteiger partial charge in [-0.1, -0.05) is 13.8 Å². The second-order valence-corrected chi connectivity index (χ2v) is 5.48. The summed E-state index contributed by atoms with van der Waals surface area (Å²) in [5.41, 5.74) is 0.318. The minimum atomic E-state index is -0.342. The van der Waals surface area contributed by atoms with Crippen molar-refractivity contribution in [2.75, 3.05) is 11.5 Å². The molecule has 1 saturated heterocycles. The molecule has 2 fully saturated rings. The van der Waals surface area contributed by atoms with Crippen molar-refractivity contribution in [2.24, 2.45) is 5.41 Å². The molecule has 2 aliphatic rings. The Labute approximate surface area is 86.3 Å². The second-order valence-electron chi connectivity index (χ2n) is 4.49. The molecule has 13 heavy (non-hydrogen) atoms. The van der Waals surface area contributed by atoms with Gasteiger partial charge >= 0.3 is 0 Å². The van der Waals surface area contributed by atoms with Crippen molar-refractivity contribution < 1.29 is 5.11 Å². The van der Waals surface area contributed by atoms with E-state index in [-0.39, 0.29) is 5.60 Å². The fourth-order valence-electron chi connectivity index (χ4n) is 2.00. The van der Waals surface area contributed by atoms with Gasteiger partial charge < -0.3 is 5.11 Å². The van der Waals surface area contributed by atoms with E-state index in [1.54, 1.807) is 0 Å². The lowest BCUT2D eigenvalue weighted by molar-refractivity contribution is -0.00998. The second kappa shape index (κ2) is 4.22. The molecule has 1 heterocycles. The predicted molar refractivity (Wildman–Crippen MR) is 60.2 cm³/mol. The van der Waals surface area contributed by atoms with E-state index in [4.69, 9.17) is 0 Å². The van der Waals surface area contributed by atoms with Crippen LogP contribution in [0.2, 0.25) is 0 Å². The van der Waals surface area contributed by atoms with Crippen LogP contribution in [0.25, 0.3) is 0 Å². The van der Waals surface area contributed by atoms with Gasteiger partial charge in [-0.3, -0.25) is 0 Å². The maximum atomic E-state index is 9.72. The fraction of sp³-hybridized carbons (Fsp3) is 1.00. The van der Waals surface area contributed by atoms with Gasteiger partial charge in [-0.15, -0.1) is 0 Å². The van der Waals surface area contributed by atoms with Crippen LogP contribution in [0.4, 0.5) is 0 Å². The molecule has 0 aromatic rings. The van der Waals surface area contributed by atoms with Gasteiger partial charge in [-0.25, -0.2) is 0 Å². The van der Waals surface area contributed by atoms with Crippen LogP contribution >= 0.6 is 11.8 Å². The summed E-state index contributed by atoms with van der Waals surface area (Å²) in [6, 6.07) is 0. The first kappa shape index (κ1) is 11.4. The Kier molecular flexibility index (Phi) is 3.70. The third kappa shape index (κ3) is 2.63. The van der Waals surface area contributed by atoms with Crippen molar-refractivity contribution in [2.45, 2.75) is 52.1 Å². The smallest absolute Gasteiger partial charge is 0.0620 e. The molecule has 0 amide bonds. The first-order valence-corrected chi connectivity index (χ1v) is 6.58. The molecule has 0 radical (unpaired) electrons. The molecule has 78 valence electrons. The van der Waals surface area contributed by atoms with Crippen LogP contribution in [0.15, 0.2) is 0 Å². The summed E-state index contributed by atoms with van der Waals surface area (Å²) in [5.74, 6) is 2.70. The summed E-state index contributed by atoms with van der Waals surface area (Å²) in [7, 11) is 0. The number of hydrogen-bond donors (Lipinski definition) is 1. The summed E-state index contributed by atoms with van der Waals surface area (Å²) in [6.45, 7) is 5.98. The Morgan fingerprint density at radius 3 is 1.77 bits per heavy atom. The molecule has 0 atom stereocenters.